The molecule has 11 N–H and O–H groups in total. The molecule has 87 heavy (non-hydrogen) atoms. The van der Waals surface area contributed by atoms with E-state index in [9.17, 15) is 67.1 Å². The minimum absolute atomic E-state index is 0.0628. The quantitative estimate of drug-likeness (QED) is 0.0466. The van der Waals surface area contributed by atoms with Crippen molar-refractivity contribution in [2.45, 2.75) is 244 Å². The molecular weight excluding hydrogens is 1130 g/mol. The monoisotopic (exact) mass is 1230 g/mol. The van der Waals surface area contributed by atoms with Gasteiger partial charge in [-0.2, -0.15) is 0 Å². The fraction of sp³-hybridized carbons (Fsp3) is 0.763. The molecule has 3 saturated heterocycles. The van der Waals surface area contributed by atoms with Crippen molar-refractivity contribution in [1.29, 1.82) is 0 Å². The number of nitrogens with zero attached hydrogens (tertiary/aromatic N) is 3. The Morgan fingerprint density at radius 3 is 1.46 bits per heavy atom. The van der Waals surface area contributed by atoms with Crippen molar-refractivity contribution in [2.75, 3.05) is 39.3 Å². The molecule has 28 heteroatoms. The molecule has 488 valence electrons. The summed E-state index contributed by atoms with van der Waals surface area (Å²) in [6, 6.07) is -3.83. The summed E-state index contributed by atoms with van der Waals surface area (Å²) in [4.78, 5) is 191. The van der Waals surface area contributed by atoms with E-state index in [4.69, 9.17) is 5.11 Å². The summed E-state index contributed by atoms with van der Waals surface area (Å²) in [7, 11) is 0. The predicted molar refractivity (Wildman–Crippen MR) is 317 cm³/mol. The van der Waals surface area contributed by atoms with Gasteiger partial charge in [0.15, 0.2) is 0 Å². The fourth-order valence-electron chi connectivity index (χ4n) is 10.8. The molecule has 3 heterocycles. The average Bonchev–Trinajstić information content (AvgIpc) is 2.04. The Balaban J connectivity index is 1.29. The lowest BCUT2D eigenvalue weighted by atomic mass is 9.90. The number of carbonyl (C=O) groups is 14. The highest BCUT2D eigenvalue weighted by Gasteiger charge is 2.54. The highest BCUT2D eigenvalue weighted by molar-refractivity contribution is 6.02. The third kappa shape index (κ3) is 19.3. The van der Waals surface area contributed by atoms with Gasteiger partial charge in [0.05, 0.1) is 6.54 Å². The number of carboxylic acids is 1. The summed E-state index contributed by atoms with van der Waals surface area (Å²) in [5.74, 6) is -9.13. The van der Waals surface area contributed by atoms with Gasteiger partial charge in [-0.1, -0.05) is 27.7 Å². The van der Waals surface area contributed by atoms with Crippen molar-refractivity contribution >= 4 is 82.8 Å². The fourth-order valence-corrected chi connectivity index (χ4v) is 10.8. The maximum absolute atomic E-state index is 14.3. The van der Waals surface area contributed by atoms with Crippen molar-refractivity contribution in [3.05, 3.63) is 0 Å². The van der Waals surface area contributed by atoms with Crippen LogP contribution in [0.3, 0.4) is 0 Å². The third-order valence-corrected chi connectivity index (χ3v) is 16.9. The number of piperidine rings is 3. The Kier molecular flexibility index (Phi) is 24.8. The van der Waals surface area contributed by atoms with E-state index in [-0.39, 0.29) is 82.8 Å². The molecule has 4 aliphatic rings. The topological polar surface area (TPSA) is 389 Å². The summed E-state index contributed by atoms with van der Waals surface area (Å²) in [6.07, 6.45) is 5.40. The van der Waals surface area contributed by atoms with E-state index in [1.807, 2.05) is 13.8 Å². The smallest absolute Gasteiger partial charge is 0.322 e. The molecule has 0 radical (unpaired) electrons. The number of carboxylic acid groups (broad SMARTS) is 1. The van der Waals surface area contributed by atoms with Gasteiger partial charge in [-0.15, -0.1) is 0 Å². The van der Waals surface area contributed by atoms with Crippen molar-refractivity contribution in [3.8, 4) is 0 Å². The summed E-state index contributed by atoms with van der Waals surface area (Å²) >= 11 is 0. The molecule has 1 aliphatic carbocycles. The molecule has 6 atom stereocenters. The molecule has 3 unspecified atom stereocenters. The first-order valence-corrected chi connectivity index (χ1v) is 30.6. The van der Waals surface area contributed by atoms with Gasteiger partial charge in [0.25, 0.3) is 0 Å². The van der Waals surface area contributed by atoms with Crippen LogP contribution in [0, 0.1) is 5.92 Å². The second-order valence-corrected chi connectivity index (χ2v) is 26.0. The average molecular weight is 1230 g/mol. The first-order chi connectivity index (χ1) is 40.4. The molecule has 4 fully saturated rings. The number of rotatable bonds is 28. The third-order valence-electron chi connectivity index (χ3n) is 16.9. The van der Waals surface area contributed by atoms with Gasteiger partial charge in [0.2, 0.25) is 76.8 Å². The normalized spacial score (nSPS) is 20.3. The van der Waals surface area contributed by atoms with Crippen LogP contribution in [-0.4, -0.2) is 199 Å². The van der Waals surface area contributed by atoms with Crippen LogP contribution in [0.5, 0.6) is 0 Å². The lowest BCUT2D eigenvalue weighted by Gasteiger charge is -2.42. The van der Waals surface area contributed by atoms with Crippen LogP contribution in [0.1, 0.15) is 186 Å². The van der Waals surface area contributed by atoms with Gasteiger partial charge in [0.1, 0.15) is 63.9 Å². The zero-order valence-electron chi connectivity index (χ0n) is 53.2. The number of likely N-dealkylation sites (tertiary alicyclic amines) is 3. The second-order valence-electron chi connectivity index (χ2n) is 26.0. The van der Waals surface area contributed by atoms with Crippen LogP contribution in [-0.2, 0) is 67.1 Å². The minimum atomic E-state index is -1.60. The molecule has 4 rings (SSSR count). The molecule has 13 amide bonds. The van der Waals surface area contributed by atoms with Crippen LogP contribution in [0.25, 0.3) is 0 Å². The van der Waals surface area contributed by atoms with E-state index >= 15 is 0 Å². The standard InChI is InChI=1S/C59H97N13O15/c1-14-57(12,69-50(84)58(13,15-2)67-47(81)40-24-18-21-31-72(40)52(86)55(8,9)66-45(79)38-22-16-19-29-70(38)36(5)73)49(83)63-37(32-35(3)4)44(78)60-28-25-41(74)61-33-42(75)64-59(26-27-59)51(85)68-56(10,11)53(87)71-30-20-17-23-39(71)46(80)65-54(6,7)48(82)62-34-43(76)77/h35,37-40H,14-34H2,1-13H3,(H,60,78)(H,61,74)(H,62,82)(H,63,83)(H,64,75)(H,65,80)(H,66,79)(H,67,81)(H,68,85)(H,69,84)(H,76,77)/t37-,38-,39-,40?,57?,58?/m0/s1. The van der Waals surface area contributed by atoms with E-state index < -0.39 is 147 Å². The van der Waals surface area contributed by atoms with E-state index in [0.717, 1.165) is 12.8 Å². The van der Waals surface area contributed by atoms with E-state index in [2.05, 4.69) is 53.2 Å². The van der Waals surface area contributed by atoms with Crippen molar-refractivity contribution < 1.29 is 72.2 Å². The Morgan fingerprint density at radius 1 is 0.529 bits per heavy atom. The largest absolute Gasteiger partial charge is 0.480 e. The first kappa shape index (κ1) is 72.1. The second kappa shape index (κ2) is 30.0. The summed E-state index contributed by atoms with van der Waals surface area (Å²) in [5.41, 5.74) is -9.09. The van der Waals surface area contributed by atoms with Crippen LogP contribution in [0.4, 0.5) is 0 Å². The Hall–Kier alpha value is -7.42. The zero-order valence-corrected chi connectivity index (χ0v) is 53.2. The van der Waals surface area contributed by atoms with Crippen LogP contribution in [0.15, 0.2) is 0 Å². The lowest BCUT2D eigenvalue weighted by molar-refractivity contribution is -0.151. The van der Waals surface area contributed by atoms with Gasteiger partial charge in [-0.3, -0.25) is 67.1 Å². The lowest BCUT2D eigenvalue weighted by Crippen LogP contribution is -2.68. The summed E-state index contributed by atoms with van der Waals surface area (Å²) in [6.45, 7) is 19.7. The molecule has 0 aromatic heterocycles. The van der Waals surface area contributed by atoms with E-state index in [1.165, 1.54) is 63.2 Å². The number of amides is 13. The number of hydrogen-bond donors (Lipinski definition) is 11. The van der Waals surface area contributed by atoms with Crippen molar-refractivity contribution in [3.63, 3.8) is 0 Å². The van der Waals surface area contributed by atoms with Gasteiger partial charge in [-0.05, 0) is 151 Å². The summed E-state index contributed by atoms with van der Waals surface area (Å²) < 4.78 is 0. The van der Waals surface area contributed by atoms with Crippen LogP contribution >= 0.6 is 0 Å². The number of hydrogen-bond acceptors (Lipinski definition) is 14. The highest BCUT2D eigenvalue weighted by atomic mass is 16.4. The molecule has 0 aromatic carbocycles. The maximum atomic E-state index is 14.3. The maximum Gasteiger partial charge on any atom is 0.322 e. The Bertz CT molecular complexity index is 2640. The predicted octanol–water partition coefficient (Wildman–Crippen LogP) is -0.593. The zero-order chi connectivity index (χ0) is 65.6. The van der Waals surface area contributed by atoms with Crippen LogP contribution < -0.4 is 53.2 Å². The molecule has 28 nitrogen and oxygen atoms in total. The molecule has 0 aromatic rings. The Labute approximate surface area is 510 Å². The number of carbonyl (C=O) groups excluding carboxylic acids is 13. The van der Waals surface area contributed by atoms with Gasteiger partial charge in [-0.25, -0.2) is 0 Å². The SMILES string of the molecule is CCC(C)(NC(=O)C1CCCCN1C(=O)C(C)(C)NC(=O)[C@@H]1CCCCN1C(C)=O)C(=O)NC(C)(CC)C(=O)N[C@@H](CC(C)C)C(=O)NCCC(=O)NCC(=O)NC1(C(=O)NC(C)(C)C(=O)N2CCCC[C@H]2C(=O)NC(C)(C)C(=O)NCC(=O)O)CC1. The highest BCUT2D eigenvalue weighted by Crippen LogP contribution is 2.36. The van der Waals surface area contributed by atoms with Crippen molar-refractivity contribution in [1.82, 2.24) is 67.9 Å². The van der Waals surface area contributed by atoms with Gasteiger partial charge in [0, 0.05) is 39.5 Å². The Morgan fingerprint density at radius 2 is 0.989 bits per heavy atom. The van der Waals surface area contributed by atoms with E-state index in [0.29, 0.717) is 38.6 Å². The first-order valence-electron chi connectivity index (χ1n) is 30.6. The van der Waals surface area contributed by atoms with Gasteiger partial charge >= 0.3 is 5.97 Å². The molecular formula is C59H97N13O15. The number of aliphatic carboxylic acids is 1. The summed E-state index contributed by atoms with van der Waals surface area (Å²) in [5, 5.41) is 35.5. The van der Waals surface area contributed by atoms with Gasteiger partial charge < -0.3 is 73.0 Å². The molecule has 3 aliphatic heterocycles. The molecule has 0 bridgehead atoms. The minimum Gasteiger partial charge on any atom is -0.480 e. The molecule has 0 spiro atoms. The van der Waals surface area contributed by atoms with E-state index in [1.54, 1.807) is 27.7 Å². The van der Waals surface area contributed by atoms with Crippen molar-refractivity contribution in [2.24, 2.45) is 5.92 Å². The van der Waals surface area contributed by atoms with Crippen LogP contribution in [0.2, 0.25) is 0 Å². The number of nitrogens with one attached hydrogen (secondary N) is 10. The molecule has 1 saturated carbocycles.